The van der Waals surface area contributed by atoms with Crippen molar-refractivity contribution in [3.63, 3.8) is 0 Å². The van der Waals surface area contributed by atoms with Gasteiger partial charge in [0.15, 0.2) is 0 Å². The van der Waals surface area contributed by atoms with Crippen LogP contribution in [0.15, 0.2) is 15.9 Å². The van der Waals surface area contributed by atoms with E-state index in [1.807, 2.05) is 18.0 Å². The lowest BCUT2D eigenvalue weighted by atomic mass is 10.1. The van der Waals surface area contributed by atoms with Crippen molar-refractivity contribution < 1.29 is 0 Å². The van der Waals surface area contributed by atoms with Crippen LogP contribution in [0.1, 0.15) is 40.0 Å². The minimum absolute atomic E-state index is 0.619. The summed E-state index contributed by atoms with van der Waals surface area (Å²) in [6, 6.07) is 0.619. The lowest BCUT2D eigenvalue weighted by Gasteiger charge is -2.25. The molecule has 0 saturated heterocycles. The van der Waals surface area contributed by atoms with Gasteiger partial charge in [-0.15, -0.1) is 11.3 Å². The molecular weight excluding hydrogens is 236 g/mol. The maximum Gasteiger partial charge on any atom is 0.150 e. The van der Waals surface area contributed by atoms with E-state index in [0.717, 1.165) is 6.54 Å². The molecule has 2 atom stereocenters. The Hall–Kier alpha value is -0.0600. The van der Waals surface area contributed by atoms with Crippen molar-refractivity contribution in [2.45, 2.75) is 55.7 Å². The number of aromatic nitrogens is 1. The molecule has 2 unspecified atom stereocenters. The average molecular weight is 258 g/mol. The lowest BCUT2D eigenvalue weighted by molar-refractivity contribution is 0.465. The summed E-state index contributed by atoms with van der Waals surface area (Å²) in [5.74, 6) is 0. The summed E-state index contributed by atoms with van der Waals surface area (Å²) in [4.78, 5) is 4.36. The molecule has 0 radical (unpaired) electrons. The normalized spacial score (nSPS) is 14.9. The van der Waals surface area contributed by atoms with E-state index in [2.05, 4.69) is 36.5 Å². The monoisotopic (exact) mass is 258 g/mol. The van der Waals surface area contributed by atoms with Gasteiger partial charge in [0.05, 0.1) is 0 Å². The molecule has 0 aliphatic heterocycles. The summed E-state index contributed by atoms with van der Waals surface area (Å²) in [6.45, 7) is 7.76. The van der Waals surface area contributed by atoms with Gasteiger partial charge >= 0.3 is 0 Å². The molecule has 1 aromatic rings. The highest BCUT2D eigenvalue weighted by atomic mass is 32.2. The first-order valence-electron chi connectivity index (χ1n) is 6.11. The minimum atomic E-state index is 0.619. The molecule has 92 valence electrons. The zero-order valence-corrected chi connectivity index (χ0v) is 12.0. The molecule has 0 aliphatic carbocycles. The summed E-state index contributed by atoms with van der Waals surface area (Å²) in [5, 5.41) is 6.30. The maximum atomic E-state index is 4.36. The second-order valence-corrected chi connectivity index (χ2v) is 6.20. The van der Waals surface area contributed by atoms with Crippen LogP contribution in [0.25, 0.3) is 0 Å². The standard InChI is InChI=1S/C12H22N2S2/c1-4-7-10(13-6-3)11(5-2)16-12-14-8-9-15-12/h8-11,13H,4-7H2,1-3H3. The highest BCUT2D eigenvalue weighted by Gasteiger charge is 2.20. The first kappa shape index (κ1) is 14.0. The van der Waals surface area contributed by atoms with Crippen molar-refractivity contribution in [3.05, 3.63) is 11.6 Å². The molecule has 0 aromatic carbocycles. The number of thioether (sulfide) groups is 1. The van der Waals surface area contributed by atoms with Crippen LogP contribution in [0, 0.1) is 0 Å². The molecule has 4 heteroatoms. The van der Waals surface area contributed by atoms with Gasteiger partial charge in [-0.1, -0.05) is 39.0 Å². The second kappa shape index (κ2) is 8.09. The molecule has 0 amide bonds. The summed E-state index contributed by atoms with van der Waals surface area (Å²) in [5.41, 5.74) is 0. The molecule has 1 heterocycles. The highest BCUT2D eigenvalue weighted by molar-refractivity contribution is 8.01. The van der Waals surface area contributed by atoms with Crippen LogP contribution in [0.3, 0.4) is 0 Å². The van der Waals surface area contributed by atoms with Gasteiger partial charge < -0.3 is 5.32 Å². The fourth-order valence-electron chi connectivity index (χ4n) is 1.84. The molecule has 1 aromatic heterocycles. The zero-order chi connectivity index (χ0) is 11.8. The molecule has 0 fully saturated rings. The first-order valence-corrected chi connectivity index (χ1v) is 7.87. The van der Waals surface area contributed by atoms with Gasteiger partial charge in [0.1, 0.15) is 4.34 Å². The van der Waals surface area contributed by atoms with Crippen molar-refractivity contribution in [1.29, 1.82) is 0 Å². The Morgan fingerprint density at radius 2 is 2.25 bits per heavy atom. The molecule has 0 aliphatic rings. The number of nitrogens with one attached hydrogen (secondary N) is 1. The predicted octanol–water partition coefficient (Wildman–Crippen LogP) is 3.79. The SMILES string of the molecule is CCCC(NCC)C(CC)Sc1nccs1. The fourth-order valence-corrected chi connectivity index (χ4v) is 3.90. The van der Waals surface area contributed by atoms with Crippen LogP contribution < -0.4 is 5.32 Å². The van der Waals surface area contributed by atoms with Crippen molar-refractivity contribution in [3.8, 4) is 0 Å². The van der Waals surface area contributed by atoms with Gasteiger partial charge in [0, 0.05) is 22.9 Å². The third kappa shape index (κ3) is 4.44. The highest BCUT2D eigenvalue weighted by Crippen LogP contribution is 2.30. The van der Waals surface area contributed by atoms with Crippen LogP contribution in [0.2, 0.25) is 0 Å². The quantitative estimate of drug-likeness (QED) is 0.718. The van der Waals surface area contributed by atoms with Gasteiger partial charge in [-0.05, 0) is 19.4 Å². The fraction of sp³-hybridized carbons (Fsp3) is 0.750. The van der Waals surface area contributed by atoms with E-state index in [-0.39, 0.29) is 0 Å². The molecule has 1 N–H and O–H groups in total. The minimum Gasteiger partial charge on any atom is -0.313 e. The van der Waals surface area contributed by atoms with E-state index in [1.54, 1.807) is 11.3 Å². The summed E-state index contributed by atoms with van der Waals surface area (Å²) < 4.78 is 1.20. The largest absolute Gasteiger partial charge is 0.313 e. The summed E-state index contributed by atoms with van der Waals surface area (Å²) >= 11 is 3.67. The van der Waals surface area contributed by atoms with E-state index >= 15 is 0 Å². The van der Waals surface area contributed by atoms with Gasteiger partial charge in [0.2, 0.25) is 0 Å². The van der Waals surface area contributed by atoms with Crippen molar-refractivity contribution >= 4 is 23.1 Å². The topological polar surface area (TPSA) is 24.9 Å². The third-order valence-electron chi connectivity index (χ3n) is 2.58. The molecule has 1 rings (SSSR count). The number of thiazole rings is 1. The van der Waals surface area contributed by atoms with Gasteiger partial charge in [-0.2, -0.15) is 0 Å². The summed E-state index contributed by atoms with van der Waals surface area (Å²) in [6.07, 6.45) is 5.58. The number of rotatable bonds is 8. The van der Waals surface area contributed by atoms with E-state index in [4.69, 9.17) is 0 Å². The molecule has 0 bridgehead atoms. The predicted molar refractivity (Wildman–Crippen MR) is 74.4 cm³/mol. The Labute approximate surface area is 107 Å². The molecule has 0 spiro atoms. The average Bonchev–Trinajstić information content (AvgIpc) is 2.78. The number of nitrogens with zero attached hydrogens (tertiary/aromatic N) is 1. The summed E-state index contributed by atoms with van der Waals surface area (Å²) in [7, 11) is 0. The Kier molecular flexibility index (Phi) is 7.08. The number of hydrogen-bond donors (Lipinski definition) is 1. The Morgan fingerprint density at radius 1 is 1.44 bits per heavy atom. The molecule has 2 nitrogen and oxygen atoms in total. The molecule has 16 heavy (non-hydrogen) atoms. The second-order valence-electron chi connectivity index (χ2n) is 3.82. The lowest BCUT2D eigenvalue weighted by Crippen LogP contribution is -2.37. The van der Waals surface area contributed by atoms with Crippen molar-refractivity contribution in [1.82, 2.24) is 10.3 Å². The van der Waals surface area contributed by atoms with Crippen LogP contribution in [-0.4, -0.2) is 22.8 Å². The molecule has 0 saturated carbocycles. The van der Waals surface area contributed by atoms with Crippen molar-refractivity contribution in [2.75, 3.05) is 6.54 Å². The van der Waals surface area contributed by atoms with E-state index in [1.165, 1.54) is 23.6 Å². The van der Waals surface area contributed by atoms with Gasteiger partial charge in [-0.25, -0.2) is 4.98 Å². The van der Waals surface area contributed by atoms with E-state index in [0.29, 0.717) is 11.3 Å². The first-order chi connectivity index (χ1) is 7.81. The number of hydrogen-bond acceptors (Lipinski definition) is 4. The third-order valence-corrected chi connectivity index (χ3v) is 4.99. The van der Waals surface area contributed by atoms with Crippen LogP contribution in [-0.2, 0) is 0 Å². The maximum absolute atomic E-state index is 4.36. The van der Waals surface area contributed by atoms with E-state index < -0.39 is 0 Å². The van der Waals surface area contributed by atoms with Crippen molar-refractivity contribution in [2.24, 2.45) is 0 Å². The zero-order valence-electron chi connectivity index (χ0n) is 10.4. The Bertz CT molecular complexity index is 256. The Morgan fingerprint density at radius 3 is 2.75 bits per heavy atom. The van der Waals surface area contributed by atoms with Crippen LogP contribution in [0.5, 0.6) is 0 Å². The van der Waals surface area contributed by atoms with Crippen LogP contribution in [0.4, 0.5) is 0 Å². The van der Waals surface area contributed by atoms with E-state index in [9.17, 15) is 0 Å². The van der Waals surface area contributed by atoms with Gasteiger partial charge in [0.25, 0.3) is 0 Å². The van der Waals surface area contributed by atoms with Gasteiger partial charge in [-0.3, -0.25) is 0 Å². The molecular formula is C12H22N2S2. The Balaban J connectivity index is 2.55. The smallest absolute Gasteiger partial charge is 0.150 e. The van der Waals surface area contributed by atoms with Crippen LogP contribution >= 0.6 is 23.1 Å².